The second kappa shape index (κ2) is 13.0. The second-order valence-corrected chi connectivity index (χ2v) is 15.8. The summed E-state index contributed by atoms with van der Waals surface area (Å²) in [6, 6.07) is 64.8. The summed E-state index contributed by atoms with van der Waals surface area (Å²) in [5, 5.41) is 24.8. The van der Waals surface area contributed by atoms with E-state index in [1.807, 2.05) is 40.9 Å². The van der Waals surface area contributed by atoms with Crippen LogP contribution in [0.1, 0.15) is 11.1 Å². The molecule has 0 amide bonds. The zero-order valence-electron chi connectivity index (χ0n) is 28.9. The summed E-state index contributed by atoms with van der Waals surface area (Å²) in [5.74, 6) is 0. The summed E-state index contributed by atoms with van der Waals surface area (Å²) in [7, 11) is 0. The summed E-state index contributed by atoms with van der Waals surface area (Å²) in [4.78, 5) is 0. The lowest BCUT2D eigenvalue weighted by atomic mass is 9.89. The average Bonchev–Trinajstić information content (AvgIpc) is 3.81. The van der Waals surface area contributed by atoms with E-state index in [4.69, 9.17) is 0 Å². The molecule has 0 saturated heterocycles. The Bertz CT molecular complexity index is 3020. The SMILES string of the molecule is N#Cc1cc(C#N)cc(-c2cc(-c3ccccc3)cc(-c3cc(-c4ccc5sc6ccccc6c5c4)cc(-c4ccc5sc6ccccc6c5c4)c3)c2)c1. The van der Waals surface area contributed by atoms with Gasteiger partial charge in [0.15, 0.2) is 0 Å². The predicted octanol–water partition coefficient (Wildman–Crippen LogP) is 14.5. The summed E-state index contributed by atoms with van der Waals surface area (Å²) < 4.78 is 5.15. The van der Waals surface area contributed by atoms with E-state index in [2.05, 4.69) is 158 Å². The first-order valence-electron chi connectivity index (χ1n) is 17.8. The van der Waals surface area contributed by atoms with Crippen molar-refractivity contribution in [1.29, 1.82) is 10.5 Å². The van der Waals surface area contributed by atoms with E-state index in [0.717, 1.165) is 55.6 Å². The fraction of sp³-hybridized carbons (Fsp3) is 0. The second-order valence-electron chi connectivity index (χ2n) is 13.6. The summed E-state index contributed by atoms with van der Waals surface area (Å²) in [5.41, 5.74) is 11.6. The van der Waals surface area contributed by atoms with Crippen molar-refractivity contribution in [1.82, 2.24) is 0 Å². The molecule has 2 aromatic heterocycles. The highest BCUT2D eigenvalue weighted by molar-refractivity contribution is 7.26. The third-order valence-corrected chi connectivity index (χ3v) is 12.6. The van der Waals surface area contributed by atoms with Gasteiger partial charge in [-0.2, -0.15) is 10.5 Å². The lowest BCUT2D eigenvalue weighted by Crippen LogP contribution is -1.90. The fourth-order valence-electron chi connectivity index (χ4n) is 7.62. The monoisotopic (exact) mass is 720 g/mol. The Morgan fingerprint density at radius 2 is 0.648 bits per heavy atom. The van der Waals surface area contributed by atoms with Gasteiger partial charge in [0.1, 0.15) is 0 Å². The molecular formula is C50H28N2S2. The number of nitriles is 2. The molecule has 0 spiro atoms. The lowest BCUT2D eigenvalue weighted by molar-refractivity contribution is 1.44. The molecule has 0 radical (unpaired) electrons. The van der Waals surface area contributed by atoms with E-state index in [-0.39, 0.29) is 0 Å². The van der Waals surface area contributed by atoms with Gasteiger partial charge in [-0.25, -0.2) is 0 Å². The van der Waals surface area contributed by atoms with E-state index in [9.17, 15) is 10.5 Å². The molecule has 0 N–H and O–H groups in total. The van der Waals surface area contributed by atoms with Crippen LogP contribution in [0.5, 0.6) is 0 Å². The van der Waals surface area contributed by atoms with Crippen molar-refractivity contribution >= 4 is 63.0 Å². The maximum Gasteiger partial charge on any atom is 0.0992 e. The molecule has 0 aliphatic carbocycles. The van der Waals surface area contributed by atoms with E-state index in [0.29, 0.717) is 11.1 Å². The number of benzene rings is 8. The first-order chi connectivity index (χ1) is 26.6. The molecule has 4 heteroatoms. The van der Waals surface area contributed by atoms with Crippen LogP contribution >= 0.6 is 22.7 Å². The number of hydrogen-bond acceptors (Lipinski definition) is 4. The minimum atomic E-state index is 0.465. The van der Waals surface area contributed by atoms with Gasteiger partial charge in [0.25, 0.3) is 0 Å². The van der Waals surface area contributed by atoms with Crippen molar-refractivity contribution in [2.45, 2.75) is 0 Å². The van der Waals surface area contributed by atoms with Crippen LogP contribution in [0.25, 0.3) is 96.0 Å². The van der Waals surface area contributed by atoms with Gasteiger partial charge in [-0.1, -0.05) is 78.9 Å². The van der Waals surface area contributed by atoms with Crippen LogP contribution in [0.4, 0.5) is 0 Å². The number of fused-ring (bicyclic) bond motifs is 6. The predicted molar refractivity (Wildman–Crippen MR) is 229 cm³/mol. The fourth-order valence-corrected chi connectivity index (χ4v) is 9.79. The molecule has 0 fully saturated rings. The van der Waals surface area contributed by atoms with Gasteiger partial charge >= 0.3 is 0 Å². The van der Waals surface area contributed by atoms with Gasteiger partial charge in [-0.05, 0) is 147 Å². The maximum atomic E-state index is 9.83. The van der Waals surface area contributed by atoms with Gasteiger partial charge in [0, 0.05) is 40.3 Å². The zero-order chi connectivity index (χ0) is 36.2. The molecule has 10 aromatic rings. The largest absolute Gasteiger partial charge is 0.192 e. The Morgan fingerprint density at radius 3 is 1.11 bits per heavy atom. The lowest BCUT2D eigenvalue weighted by Gasteiger charge is -2.15. The zero-order valence-corrected chi connectivity index (χ0v) is 30.5. The number of hydrogen-bond donors (Lipinski definition) is 0. The molecule has 0 aliphatic rings. The molecule has 250 valence electrons. The summed E-state index contributed by atoms with van der Waals surface area (Å²) >= 11 is 3.67. The normalized spacial score (nSPS) is 11.3. The van der Waals surface area contributed by atoms with Crippen molar-refractivity contribution in [3.8, 4) is 67.8 Å². The Labute approximate surface area is 320 Å². The standard InChI is InChI=1S/C50H28N2S2/c51-29-31-18-32(30-52)20-36(19-31)40-21-37(33-8-2-1-3-9-33)22-41(26-40)42-24-38(34-14-16-49-45(27-34)43-10-4-6-12-47(43)53-49)23-39(25-42)35-15-17-50-46(28-35)44-11-5-7-13-48(44)54-50/h1-28H. The topological polar surface area (TPSA) is 47.6 Å². The van der Waals surface area contributed by atoms with Crippen LogP contribution < -0.4 is 0 Å². The maximum absolute atomic E-state index is 9.83. The molecule has 8 aromatic carbocycles. The Hall–Kier alpha value is -6.82. The van der Waals surface area contributed by atoms with Crippen molar-refractivity contribution in [2.24, 2.45) is 0 Å². The van der Waals surface area contributed by atoms with Crippen LogP contribution in [-0.2, 0) is 0 Å². The third-order valence-electron chi connectivity index (χ3n) is 10.3. The van der Waals surface area contributed by atoms with Gasteiger partial charge in [-0.15, -0.1) is 22.7 Å². The van der Waals surface area contributed by atoms with E-state index >= 15 is 0 Å². The molecule has 2 nitrogen and oxygen atoms in total. The smallest absolute Gasteiger partial charge is 0.0992 e. The van der Waals surface area contributed by atoms with E-state index in [1.165, 1.54) is 40.3 Å². The van der Waals surface area contributed by atoms with Crippen LogP contribution in [-0.4, -0.2) is 0 Å². The highest BCUT2D eigenvalue weighted by Crippen LogP contribution is 2.42. The molecule has 0 bridgehead atoms. The molecule has 0 unspecified atom stereocenters. The number of rotatable bonds is 5. The highest BCUT2D eigenvalue weighted by Gasteiger charge is 2.15. The minimum Gasteiger partial charge on any atom is -0.192 e. The number of nitrogens with zero attached hydrogens (tertiary/aromatic N) is 2. The molecule has 0 atom stereocenters. The third kappa shape index (κ3) is 5.63. The first-order valence-corrected chi connectivity index (χ1v) is 19.4. The van der Waals surface area contributed by atoms with Crippen LogP contribution in [0, 0.1) is 22.7 Å². The van der Waals surface area contributed by atoms with E-state index in [1.54, 1.807) is 6.07 Å². The van der Waals surface area contributed by atoms with Gasteiger partial charge in [0.05, 0.1) is 23.3 Å². The first kappa shape index (κ1) is 31.9. The van der Waals surface area contributed by atoms with Crippen molar-refractivity contribution < 1.29 is 0 Å². The van der Waals surface area contributed by atoms with Crippen LogP contribution in [0.2, 0.25) is 0 Å². The minimum absolute atomic E-state index is 0.465. The Morgan fingerprint density at radius 1 is 0.278 bits per heavy atom. The van der Waals surface area contributed by atoms with Crippen LogP contribution in [0.15, 0.2) is 170 Å². The average molecular weight is 721 g/mol. The van der Waals surface area contributed by atoms with Crippen molar-refractivity contribution in [3.05, 3.63) is 181 Å². The van der Waals surface area contributed by atoms with E-state index < -0.39 is 0 Å². The molecule has 54 heavy (non-hydrogen) atoms. The Kier molecular flexibility index (Phi) is 7.67. The van der Waals surface area contributed by atoms with Gasteiger partial charge in [0.2, 0.25) is 0 Å². The molecule has 2 heterocycles. The molecule has 0 aliphatic heterocycles. The summed E-state index contributed by atoms with van der Waals surface area (Å²) in [6.07, 6.45) is 0. The molecule has 10 rings (SSSR count). The molecule has 0 saturated carbocycles. The quantitative estimate of drug-likeness (QED) is 0.178. The molecular weight excluding hydrogens is 693 g/mol. The van der Waals surface area contributed by atoms with Crippen molar-refractivity contribution in [2.75, 3.05) is 0 Å². The van der Waals surface area contributed by atoms with Crippen LogP contribution in [0.3, 0.4) is 0 Å². The van der Waals surface area contributed by atoms with Gasteiger partial charge in [-0.3, -0.25) is 0 Å². The van der Waals surface area contributed by atoms with Gasteiger partial charge < -0.3 is 0 Å². The van der Waals surface area contributed by atoms with Crippen molar-refractivity contribution in [3.63, 3.8) is 0 Å². The summed E-state index contributed by atoms with van der Waals surface area (Å²) in [6.45, 7) is 0. The number of thiophene rings is 2. The highest BCUT2D eigenvalue weighted by atomic mass is 32.1. The Balaban J connectivity index is 1.22.